The lowest BCUT2D eigenvalue weighted by molar-refractivity contribution is -0.129. The number of nitrogens with zero attached hydrogens (tertiary/aromatic N) is 2. The lowest BCUT2D eigenvalue weighted by atomic mass is 10.2. The van der Waals surface area contributed by atoms with Crippen LogP contribution in [-0.4, -0.2) is 73.3 Å². The highest BCUT2D eigenvalue weighted by Crippen LogP contribution is 2.12. The summed E-state index contributed by atoms with van der Waals surface area (Å²) < 4.78 is 4.59. The van der Waals surface area contributed by atoms with Gasteiger partial charge in [-0.15, -0.1) is 0 Å². The van der Waals surface area contributed by atoms with Crippen molar-refractivity contribution in [3.05, 3.63) is 12.7 Å². The molecule has 2 aliphatic heterocycles. The number of carbonyl (C=O) groups is 4. The minimum atomic E-state index is -0.104. The number of hydrogen-bond acceptors (Lipinski definition) is 5. The van der Waals surface area contributed by atoms with E-state index < -0.39 is 0 Å². The largest absolute Gasteiger partial charge is 0.468 e. The molecule has 0 aliphatic carbocycles. The molecule has 0 aromatic heterocycles. The predicted octanol–water partition coefficient (Wildman–Crippen LogP) is 2.81. The van der Waals surface area contributed by atoms with Crippen molar-refractivity contribution < 1.29 is 23.9 Å². The maximum Gasteiger partial charge on any atom is 0.293 e. The van der Waals surface area contributed by atoms with E-state index in [1.54, 1.807) is 0 Å². The van der Waals surface area contributed by atoms with E-state index in [-0.39, 0.29) is 5.91 Å². The summed E-state index contributed by atoms with van der Waals surface area (Å²) in [6.45, 7) is 8.79. The summed E-state index contributed by atoms with van der Waals surface area (Å²) in [7, 11) is 0. The van der Waals surface area contributed by atoms with Crippen LogP contribution in [0.4, 0.5) is 0 Å². The number of ether oxygens (including phenoxy) is 1. The van der Waals surface area contributed by atoms with Crippen LogP contribution in [0.3, 0.4) is 0 Å². The Balaban J connectivity index is 0.000000323. The number of rotatable bonds is 16. The van der Waals surface area contributed by atoms with Crippen molar-refractivity contribution >= 4 is 24.2 Å². The monoisotopic (exact) mass is 451 g/mol. The van der Waals surface area contributed by atoms with Crippen LogP contribution < -0.4 is 5.32 Å². The Morgan fingerprint density at radius 3 is 1.88 bits per heavy atom. The van der Waals surface area contributed by atoms with Gasteiger partial charge in [0.25, 0.3) is 6.47 Å². The molecule has 3 amide bonds. The average molecular weight is 452 g/mol. The average Bonchev–Trinajstić information content (AvgIpc) is 3.40. The lowest BCUT2D eigenvalue weighted by Gasteiger charge is -2.14. The number of likely N-dealkylation sites (tertiary alicyclic amines) is 2. The number of hydrogen-bond donors (Lipinski definition) is 1. The molecule has 0 unspecified atom stereocenters. The second-order valence-electron chi connectivity index (χ2n) is 8.26. The van der Waals surface area contributed by atoms with Crippen molar-refractivity contribution in [1.29, 1.82) is 0 Å². The fraction of sp³-hybridized carbons (Fsp3) is 0.750. The third-order valence-electron chi connectivity index (χ3n) is 5.69. The van der Waals surface area contributed by atoms with Crippen molar-refractivity contribution in [3.8, 4) is 0 Å². The van der Waals surface area contributed by atoms with Crippen molar-refractivity contribution in [2.24, 2.45) is 0 Å². The predicted molar refractivity (Wildman–Crippen MR) is 124 cm³/mol. The molecule has 8 nitrogen and oxygen atoms in total. The molecular weight excluding hydrogens is 410 g/mol. The number of unbranched alkanes of at least 4 members (excludes halogenated alkanes) is 6. The minimum Gasteiger partial charge on any atom is -0.468 e. The fourth-order valence-electron chi connectivity index (χ4n) is 3.84. The van der Waals surface area contributed by atoms with Gasteiger partial charge in [0.1, 0.15) is 0 Å². The second-order valence-corrected chi connectivity index (χ2v) is 8.26. The number of carbonyl (C=O) groups excluding carboxylic acids is 4. The summed E-state index contributed by atoms with van der Waals surface area (Å²) in [6, 6.07) is 0. The Morgan fingerprint density at radius 1 is 0.875 bits per heavy atom. The minimum absolute atomic E-state index is 0.104. The van der Waals surface area contributed by atoms with E-state index in [1.165, 1.54) is 6.08 Å². The molecule has 0 atom stereocenters. The van der Waals surface area contributed by atoms with E-state index in [9.17, 15) is 19.2 Å². The standard InChI is InChI=1S/C13H22N2O2.C11H19NO3/c1-2-12(16)14-9-5-3-4-6-10-15-11-7-8-13(15)17;13-10-15-9-4-2-1-3-7-12-8-5-6-11(12)14/h2H,1,3-11H2,(H,14,16);10H,1-9H2. The van der Waals surface area contributed by atoms with Gasteiger partial charge in [-0.25, -0.2) is 0 Å². The quantitative estimate of drug-likeness (QED) is 0.221. The lowest BCUT2D eigenvalue weighted by Crippen LogP contribution is -2.25. The van der Waals surface area contributed by atoms with Gasteiger partial charge in [0.2, 0.25) is 17.7 Å². The highest BCUT2D eigenvalue weighted by Gasteiger charge is 2.19. The molecule has 2 rings (SSSR count). The number of amides is 3. The van der Waals surface area contributed by atoms with E-state index >= 15 is 0 Å². The summed E-state index contributed by atoms with van der Waals surface area (Å²) in [6.07, 6.45) is 13.2. The zero-order valence-corrected chi connectivity index (χ0v) is 19.5. The van der Waals surface area contributed by atoms with E-state index in [4.69, 9.17) is 0 Å². The summed E-state index contributed by atoms with van der Waals surface area (Å²) >= 11 is 0. The normalized spacial score (nSPS) is 15.4. The molecule has 0 bridgehead atoms. The maximum atomic E-state index is 11.3. The van der Waals surface area contributed by atoms with Crippen LogP contribution in [0.1, 0.15) is 77.0 Å². The Hall–Kier alpha value is -2.38. The van der Waals surface area contributed by atoms with Crippen LogP contribution in [0.5, 0.6) is 0 Å². The third kappa shape index (κ3) is 13.1. The zero-order valence-electron chi connectivity index (χ0n) is 19.5. The molecule has 0 saturated carbocycles. The molecule has 1 N–H and O–H groups in total. The molecule has 182 valence electrons. The molecule has 0 radical (unpaired) electrons. The van der Waals surface area contributed by atoms with Gasteiger partial charge in [0, 0.05) is 45.6 Å². The molecule has 2 fully saturated rings. The van der Waals surface area contributed by atoms with Crippen LogP contribution in [0, 0.1) is 0 Å². The van der Waals surface area contributed by atoms with E-state index in [2.05, 4.69) is 16.6 Å². The van der Waals surface area contributed by atoms with Crippen molar-refractivity contribution in [3.63, 3.8) is 0 Å². The molecule has 2 saturated heterocycles. The zero-order chi connectivity index (χ0) is 23.4. The van der Waals surface area contributed by atoms with Gasteiger partial charge < -0.3 is 19.9 Å². The van der Waals surface area contributed by atoms with Crippen LogP contribution in [-0.2, 0) is 23.9 Å². The third-order valence-corrected chi connectivity index (χ3v) is 5.69. The molecule has 8 heteroatoms. The topological polar surface area (TPSA) is 96.0 Å². The Morgan fingerprint density at radius 2 is 1.41 bits per heavy atom. The molecule has 0 aromatic carbocycles. The van der Waals surface area contributed by atoms with Crippen LogP contribution in [0.2, 0.25) is 0 Å². The van der Waals surface area contributed by atoms with Crippen LogP contribution >= 0.6 is 0 Å². The molecule has 0 aromatic rings. The molecule has 0 spiro atoms. The first-order valence-corrected chi connectivity index (χ1v) is 12.1. The molecule has 2 heterocycles. The Kier molecular flexibility index (Phi) is 15.7. The summed E-state index contributed by atoms with van der Waals surface area (Å²) in [5.74, 6) is 0.509. The second kappa shape index (κ2) is 18.2. The summed E-state index contributed by atoms with van der Waals surface area (Å²) in [5.41, 5.74) is 0. The van der Waals surface area contributed by atoms with Crippen molar-refractivity contribution in [2.75, 3.05) is 39.3 Å². The molecule has 32 heavy (non-hydrogen) atoms. The van der Waals surface area contributed by atoms with Gasteiger partial charge in [-0.05, 0) is 51.0 Å². The van der Waals surface area contributed by atoms with E-state index in [0.717, 1.165) is 103 Å². The van der Waals surface area contributed by atoms with Gasteiger partial charge >= 0.3 is 0 Å². The van der Waals surface area contributed by atoms with Gasteiger partial charge in [-0.2, -0.15) is 0 Å². The van der Waals surface area contributed by atoms with Crippen LogP contribution in [0.15, 0.2) is 12.7 Å². The van der Waals surface area contributed by atoms with E-state index in [0.29, 0.717) is 31.4 Å². The Bertz CT molecular complexity index is 582. The maximum absolute atomic E-state index is 11.3. The van der Waals surface area contributed by atoms with Crippen LogP contribution in [0.25, 0.3) is 0 Å². The first-order chi connectivity index (χ1) is 15.6. The first-order valence-electron chi connectivity index (χ1n) is 12.1. The highest BCUT2D eigenvalue weighted by atomic mass is 16.5. The molecule has 2 aliphatic rings. The number of nitrogens with one attached hydrogen (secondary N) is 1. The van der Waals surface area contributed by atoms with Gasteiger partial charge in [-0.3, -0.25) is 19.2 Å². The highest BCUT2D eigenvalue weighted by molar-refractivity contribution is 5.86. The van der Waals surface area contributed by atoms with E-state index in [1.807, 2.05) is 9.80 Å². The molecular formula is C24H41N3O5. The van der Waals surface area contributed by atoms with Gasteiger partial charge in [0.05, 0.1) is 6.61 Å². The summed E-state index contributed by atoms with van der Waals surface area (Å²) in [5, 5.41) is 2.75. The van der Waals surface area contributed by atoms with Crippen molar-refractivity contribution in [1.82, 2.24) is 15.1 Å². The van der Waals surface area contributed by atoms with Gasteiger partial charge in [-0.1, -0.05) is 25.8 Å². The fourth-order valence-corrected chi connectivity index (χ4v) is 3.84. The first kappa shape index (κ1) is 27.7. The summed E-state index contributed by atoms with van der Waals surface area (Å²) in [4.78, 5) is 47.1. The Labute approximate surface area is 192 Å². The smallest absolute Gasteiger partial charge is 0.293 e. The van der Waals surface area contributed by atoms with Gasteiger partial charge in [0.15, 0.2) is 0 Å². The SMILES string of the molecule is C=CC(=O)NCCCCCCN1CCCC1=O.O=COCCCCCCN1CCCC1=O. The van der Waals surface area contributed by atoms with Crippen molar-refractivity contribution in [2.45, 2.75) is 77.0 Å².